The van der Waals surface area contributed by atoms with Crippen LogP contribution in [0.4, 0.5) is 22.0 Å². The molecule has 0 bridgehead atoms. The molecule has 2 aromatic carbocycles. The molecule has 0 aromatic heterocycles. The van der Waals surface area contributed by atoms with Crippen molar-refractivity contribution in [3.63, 3.8) is 0 Å². The van der Waals surface area contributed by atoms with Gasteiger partial charge in [-0.2, -0.15) is 0 Å². The molecule has 0 saturated carbocycles. The Hall–Kier alpha value is -1.66. The van der Waals surface area contributed by atoms with E-state index in [9.17, 15) is 22.0 Å². The molecule has 0 aliphatic carbocycles. The van der Waals surface area contributed by atoms with Crippen molar-refractivity contribution >= 4 is 11.6 Å². The van der Waals surface area contributed by atoms with Gasteiger partial charge in [0.25, 0.3) is 0 Å². The first-order chi connectivity index (χ1) is 9.84. The van der Waals surface area contributed by atoms with Gasteiger partial charge in [-0.05, 0) is 18.1 Å². The first-order valence-electron chi connectivity index (χ1n) is 5.85. The van der Waals surface area contributed by atoms with Crippen LogP contribution in [0.15, 0.2) is 24.3 Å². The summed E-state index contributed by atoms with van der Waals surface area (Å²) in [5.41, 5.74) is 4.98. The molecule has 0 aliphatic rings. The fourth-order valence-electron chi connectivity index (χ4n) is 1.95. The predicted molar refractivity (Wildman–Crippen MR) is 68.3 cm³/mol. The average Bonchev–Trinajstić information content (AvgIpc) is 2.46. The largest absolute Gasteiger partial charge is 0.323 e. The van der Waals surface area contributed by atoms with Crippen LogP contribution in [0.5, 0.6) is 0 Å². The van der Waals surface area contributed by atoms with Crippen LogP contribution in [0.1, 0.15) is 17.2 Å². The van der Waals surface area contributed by atoms with Crippen molar-refractivity contribution in [1.29, 1.82) is 0 Å². The molecule has 1 unspecified atom stereocenters. The molecule has 0 radical (unpaired) electrons. The second kappa shape index (κ2) is 5.99. The summed E-state index contributed by atoms with van der Waals surface area (Å²) >= 11 is 5.87. The van der Waals surface area contributed by atoms with E-state index in [2.05, 4.69) is 0 Å². The van der Waals surface area contributed by atoms with E-state index in [1.54, 1.807) is 18.2 Å². The Bertz CT molecular complexity index is 660. The molecule has 0 aliphatic heterocycles. The summed E-state index contributed by atoms with van der Waals surface area (Å²) in [4.78, 5) is 0. The molecule has 2 aromatic rings. The number of rotatable bonds is 3. The zero-order valence-corrected chi connectivity index (χ0v) is 11.2. The van der Waals surface area contributed by atoms with Crippen molar-refractivity contribution in [2.75, 3.05) is 0 Å². The van der Waals surface area contributed by atoms with Gasteiger partial charge in [-0.1, -0.05) is 29.8 Å². The van der Waals surface area contributed by atoms with Crippen LogP contribution in [0.3, 0.4) is 0 Å². The third-order valence-corrected chi connectivity index (χ3v) is 3.38. The fourth-order valence-corrected chi connectivity index (χ4v) is 2.16. The predicted octanol–water partition coefficient (Wildman–Crippen LogP) is 4.28. The average molecular weight is 322 g/mol. The van der Waals surface area contributed by atoms with Crippen LogP contribution in [-0.4, -0.2) is 0 Å². The van der Waals surface area contributed by atoms with Gasteiger partial charge in [0, 0.05) is 16.6 Å². The highest BCUT2D eigenvalue weighted by Crippen LogP contribution is 2.29. The van der Waals surface area contributed by atoms with Crippen LogP contribution in [0.25, 0.3) is 0 Å². The molecule has 0 fully saturated rings. The number of nitrogens with two attached hydrogens (primary N) is 1. The van der Waals surface area contributed by atoms with E-state index in [4.69, 9.17) is 17.3 Å². The smallest absolute Gasteiger partial charge is 0.200 e. The molecular weight excluding hydrogens is 313 g/mol. The van der Waals surface area contributed by atoms with Crippen molar-refractivity contribution in [1.82, 2.24) is 0 Å². The van der Waals surface area contributed by atoms with E-state index < -0.39 is 40.7 Å². The number of hydrogen-bond donors (Lipinski definition) is 1. The first kappa shape index (κ1) is 15.7. The van der Waals surface area contributed by atoms with Gasteiger partial charge in [0.15, 0.2) is 23.3 Å². The van der Waals surface area contributed by atoms with E-state index in [0.717, 1.165) is 0 Å². The monoisotopic (exact) mass is 321 g/mol. The van der Waals surface area contributed by atoms with Crippen molar-refractivity contribution in [3.8, 4) is 0 Å². The zero-order valence-electron chi connectivity index (χ0n) is 10.4. The Morgan fingerprint density at radius 1 is 0.857 bits per heavy atom. The van der Waals surface area contributed by atoms with Gasteiger partial charge in [-0.3, -0.25) is 0 Å². The maximum Gasteiger partial charge on any atom is 0.200 e. The lowest BCUT2D eigenvalue weighted by atomic mass is 9.98. The van der Waals surface area contributed by atoms with E-state index in [-0.39, 0.29) is 11.4 Å². The van der Waals surface area contributed by atoms with Gasteiger partial charge in [0.05, 0.1) is 0 Å². The molecule has 0 spiro atoms. The molecule has 0 saturated heterocycles. The lowest BCUT2D eigenvalue weighted by Crippen LogP contribution is -2.20. The van der Waals surface area contributed by atoms with Gasteiger partial charge < -0.3 is 5.73 Å². The third-order valence-electron chi connectivity index (χ3n) is 3.01. The quantitative estimate of drug-likeness (QED) is 0.510. The first-order valence-corrected chi connectivity index (χ1v) is 6.22. The fraction of sp³-hybridized carbons (Fsp3) is 0.143. The highest BCUT2D eigenvalue weighted by Gasteiger charge is 2.29. The summed E-state index contributed by atoms with van der Waals surface area (Å²) in [6.45, 7) is 0. The molecule has 1 atom stereocenters. The molecule has 0 heterocycles. The standard InChI is InChI=1S/C14H9ClF5N/c15-7-4-2-1-3-6(7)5-8(21)9-10(16)12(18)14(20)13(19)11(9)17/h1-4,8H,5,21H2. The zero-order chi connectivity index (χ0) is 15.7. The molecule has 2 N–H and O–H groups in total. The van der Waals surface area contributed by atoms with Crippen LogP contribution in [0, 0.1) is 29.1 Å². The molecule has 2 rings (SSSR count). The maximum atomic E-state index is 13.6. The number of halogens is 6. The highest BCUT2D eigenvalue weighted by molar-refractivity contribution is 6.31. The summed E-state index contributed by atoms with van der Waals surface area (Å²) < 4.78 is 66.5. The van der Waals surface area contributed by atoms with Gasteiger partial charge in [0.2, 0.25) is 5.82 Å². The minimum Gasteiger partial charge on any atom is -0.323 e. The second-order valence-corrected chi connectivity index (χ2v) is 4.79. The SMILES string of the molecule is NC(Cc1ccccc1Cl)c1c(F)c(F)c(F)c(F)c1F. The summed E-state index contributed by atoms with van der Waals surface area (Å²) in [5.74, 6) is -10.1. The van der Waals surface area contributed by atoms with Gasteiger partial charge in [0.1, 0.15) is 0 Å². The Balaban J connectivity index is 2.45. The minimum atomic E-state index is -2.21. The maximum absolute atomic E-state index is 13.6. The second-order valence-electron chi connectivity index (χ2n) is 4.39. The van der Waals surface area contributed by atoms with Crippen molar-refractivity contribution in [2.24, 2.45) is 5.73 Å². The Morgan fingerprint density at radius 2 is 1.33 bits per heavy atom. The van der Waals surface area contributed by atoms with E-state index in [0.29, 0.717) is 5.56 Å². The summed E-state index contributed by atoms with van der Waals surface area (Å²) in [5, 5.41) is 0.289. The molecule has 7 heteroatoms. The normalized spacial score (nSPS) is 12.5. The molecular formula is C14H9ClF5N. The number of hydrogen-bond acceptors (Lipinski definition) is 1. The molecule has 112 valence electrons. The lowest BCUT2D eigenvalue weighted by molar-refractivity contribution is 0.363. The van der Waals surface area contributed by atoms with Gasteiger partial charge >= 0.3 is 0 Å². The van der Waals surface area contributed by atoms with Crippen molar-refractivity contribution in [3.05, 3.63) is 69.5 Å². The van der Waals surface area contributed by atoms with Crippen LogP contribution < -0.4 is 5.73 Å². The molecule has 0 amide bonds. The van der Waals surface area contributed by atoms with Crippen molar-refractivity contribution < 1.29 is 22.0 Å². The molecule has 1 nitrogen and oxygen atoms in total. The summed E-state index contributed by atoms with van der Waals surface area (Å²) in [7, 11) is 0. The summed E-state index contributed by atoms with van der Waals surface area (Å²) in [6, 6.07) is 4.91. The van der Waals surface area contributed by atoms with Gasteiger partial charge in [-0.25, -0.2) is 22.0 Å². The van der Waals surface area contributed by atoms with E-state index in [1.807, 2.05) is 0 Å². The minimum absolute atomic E-state index is 0.169. The Kier molecular flexibility index (Phi) is 4.49. The number of benzene rings is 2. The Morgan fingerprint density at radius 3 is 1.86 bits per heavy atom. The van der Waals surface area contributed by atoms with Crippen LogP contribution in [0.2, 0.25) is 5.02 Å². The Labute approximate surface area is 122 Å². The van der Waals surface area contributed by atoms with E-state index in [1.165, 1.54) is 6.07 Å². The lowest BCUT2D eigenvalue weighted by Gasteiger charge is -2.16. The van der Waals surface area contributed by atoms with Crippen LogP contribution >= 0.6 is 11.6 Å². The highest BCUT2D eigenvalue weighted by atomic mass is 35.5. The van der Waals surface area contributed by atoms with Gasteiger partial charge in [-0.15, -0.1) is 0 Å². The topological polar surface area (TPSA) is 26.0 Å². The third kappa shape index (κ3) is 2.87. The van der Waals surface area contributed by atoms with E-state index >= 15 is 0 Å². The van der Waals surface area contributed by atoms with Crippen LogP contribution in [-0.2, 0) is 6.42 Å². The summed E-state index contributed by atoms with van der Waals surface area (Å²) in [6.07, 6.45) is -0.169. The van der Waals surface area contributed by atoms with Crippen molar-refractivity contribution in [2.45, 2.75) is 12.5 Å². The molecule has 21 heavy (non-hydrogen) atoms.